The zero-order valence-electron chi connectivity index (χ0n) is 9.26. The minimum Gasteiger partial charge on any atom is -0.320 e. The Bertz CT molecular complexity index is 146. The number of likely N-dealkylation sites (N-methyl/N-ethyl adjacent to an activating group) is 1. The lowest BCUT2D eigenvalue weighted by Gasteiger charge is -2.21. The second-order valence-electron chi connectivity index (χ2n) is 3.69. The fourth-order valence-electron chi connectivity index (χ4n) is 1.46. The van der Waals surface area contributed by atoms with E-state index in [1.165, 1.54) is 0 Å². The van der Waals surface area contributed by atoms with Crippen LogP contribution in [0.5, 0.6) is 0 Å². The summed E-state index contributed by atoms with van der Waals surface area (Å²) in [6.07, 6.45) is 3.24. The van der Waals surface area contributed by atoms with E-state index in [0.717, 1.165) is 25.8 Å². The molecule has 0 aliphatic rings. The van der Waals surface area contributed by atoms with Crippen molar-refractivity contribution in [3.63, 3.8) is 0 Å². The van der Waals surface area contributed by atoms with Crippen LogP contribution in [0, 0.1) is 0 Å². The zero-order chi connectivity index (χ0) is 10.3. The summed E-state index contributed by atoms with van der Waals surface area (Å²) in [4.78, 5) is 13.2. The number of hydrogen-bond acceptors (Lipinski definition) is 3. The Hall–Kier alpha value is -0.410. The van der Waals surface area contributed by atoms with Gasteiger partial charge in [0.1, 0.15) is 5.78 Å². The van der Waals surface area contributed by atoms with E-state index < -0.39 is 0 Å². The summed E-state index contributed by atoms with van der Waals surface area (Å²) in [6.45, 7) is 2.71. The Morgan fingerprint density at radius 1 is 1.38 bits per heavy atom. The van der Waals surface area contributed by atoms with Gasteiger partial charge in [0.15, 0.2) is 0 Å². The molecular weight excluding hydrogens is 164 g/mol. The number of nitrogens with one attached hydrogen (secondary N) is 1. The number of ketones is 1. The van der Waals surface area contributed by atoms with E-state index in [-0.39, 0.29) is 11.8 Å². The van der Waals surface area contributed by atoms with Crippen molar-refractivity contribution in [1.29, 1.82) is 0 Å². The molecule has 78 valence electrons. The van der Waals surface area contributed by atoms with Crippen LogP contribution >= 0.6 is 0 Å². The maximum absolute atomic E-state index is 11.2. The maximum atomic E-state index is 11.2. The molecule has 0 heterocycles. The summed E-state index contributed by atoms with van der Waals surface area (Å²) < 4.78 is 0. The number of unbranched alkanes of at least 4 members (excludes halogenated alkanes) is 1. The van der Waals surface area contributed by atoms with Crippen LogP contribution in [0.25, 0.3) is 0 Å². The first kappa shape index (κ1) is 12.6. The van der Waals surface area contributed by atoms with Gasteiger partial charge in [-0.2, -0.15) is 0 Å². The van der Waals surface area contributed by atoms with Gasteiger partial charge in [0.05, 0.1) is 6.04 Å². The van der Waals surface area contributed by atoms with Gasteiger partial charge in [-0.3, -0.25) is 9.69 Å². The average molecular weight is 186 g/mol. The van der Waals surface area contributed by atoms with Crippen LogP contribution in [0.15, 0.2) is 0 Å². The van der Waals surface area contributed by atoms with E-state index >= 15 is 0 Å². The third-order valence-electron chi connectivity index (χ3n) is 2.25. The molecule has 0 amide bonds. The molecule has 1 N–H and O–H groups in total. The van der Waals surface area contributed by atoms with Gasteiger partial charge < -0.3 is 5.32 Å². The zero-order valence-corrected chi connectivity index (χ0v) is 9.26. The molecular formula is C10H22N2O. The van der Waals surface area contributed by atoms with Crippen molar-refractivity contribution in [2.24, 2.45) is 0 Å². The lowest BCUT2D eigenvalue weighted by atomic mass is 10.1. The summed E-state index contributed by atoms with van der Waals surface area (Å²) in [6, 6.07) is 0.108. The van der Waals surface area contributed by atoms with E-state index in [9.17, 15) is 4.79 Å². The van der Waals surface area contributed by atoms with Crippen molar-refractivity contribution < 1.29 is 4.79 Å². The van der Waals surface area contributed by atoms with Crippen molar-refractivity contribution in [3.8, 4) is 0 Å². The van der Waals surface area contributed by atoms with Gasteiger partial charge in [-0.1, -0.05) is 6.42 Å². The van der Waals surface area contributed by atoms with Gasteiger partial charge in [-0.15, -0.1) is 0 Å². The first-order valence-electron chi connectivity index (χ1n) is 4.91. The molecule has 1 atom stereocenters. The summed E-state index contributed by atoms with van der Waals surface area (Å²) >= 11 is 0. The quantitative estimate of drug-likeness (QED) is 0.599. The second kappa shape index (κ2) is 7.04. The number of hydrogen-bond donors (Lipinski definition) is 1. The highest BCUT2D eigenvalue weighted by atomic mass is 16.1. The molecule has 0 fully saturated rings. The van der Waals surface area contributed by atoms with Crippen LogP contribution in [0.1, 0.15) is 26.2 Å². The fraction of sp³-hybridized carbons (Fsp3) is 0.900. The van der Waals surface area contributed by atoms with Crippen molar-refractivity contribution >= 4 is 5.78 Å². The molecule has 0 saturated carbocycles. The third kappa shape index (κ3) is 5.77. The van der Waals surface area contributed by atoms with Crippen LogP contribution < -0.4 is 5.32 Å². The average Bonchev–Trinajstić information content (AvgIpc) is 2.02. The molecule has 13 heavy (non-hydrogen) atoms. The lowest BCUT2D eigenvalue weighted by Crippen LogP contribution is -2.34. The molecule has 0 spiro atoms. The Morgan fingerprint density at radius 3 is 2.38 bits per heavy atom. The number of rotatable bonds is 7. The molecule has 0 aromatic rings. The smallest absolute Gasteiger partial charge is 0.146 e. The minimum absolute atomic E-state index is 0.108. The maximum Gasteiger partial charge on any atom is 0.146 e. The molecule has 0 unspecified atom stereocenters. The predicted molar refractivity (Wildman–Crippen MR) is 55.9 cm³/mol. The second-order valence-corrected chi connectivity index (χ2v) is 3.69. The lowest BCUT2D eigenvalue weighted by molar-refractivity contribution is -0.121. The summed E-state index contributed by atoms with van der Waals surface area (Å²) in [5.74, 6) is 0.273. The van der Waals surface area contributed by atoms with Crippen LogP contribution in [0.3, 0.4) is 0 Å². The van der Waals surface area contributed by atoms with Crippen molar-refractivity contribution in [2.45, 2.75) is 32.2 Å². The predicted octanol–water partition coefficient (Wildman–Crippen LogP) is 0.895. The molecule has 0 rings (SSSR count). The highest BCUT2D eigenvalue weighted by Crippen LogP contribution is 2.06. The molecule has 0 saturated heterocycles. The molecule has 0 aromatic carbocycles. The SMILES string of the molecule is CNCCCC[C@H](C(C)=O)N(C)C. The fourth-order valence-corrected chi connectivity index (χ4v) is 1.46. The number of nitrogens with zero attached hydrogens (tertiary/aromatic N) is 1. The Labute approximate surface area is 81.5 Å². The largest absolute Gasteiger partial charge is 0.320 e. The highest BCUT2D eigenvalue weighted by Gasteiger charge is 2.15. The van der Waals surface area contributed by atoms with Gasteiger partial charge >= 0.3 is 0 Å². The highest BCUT2D eigenvalue weighted by molar-refractivity contribution is 5.81. The topological polar surface area (TPSA) is 32.3 Å². The molecule has 0 aromatic heterocycles. The normalized spacial score (nSPS) is 13.3. The molecule has 3 heteroatoms. The molecule has 3 nitrogen and oxygen atoms in total. The summed E-state index contributed by atoms with van der Waals surface area (Å²) in [7, 11) is 5.88. The van der Waals surface area contributed by atoms with Crippen molar-refractivity contribution in [1.82, 2.24) is 10.2 Å². The van der Waals surface area contributed by atoms with Gasteiger partial charge in [0.2, 0.25) is 0 Å². The summed E-state index contributed by atoms with van der Waals surface area (Å²) in [5.41, 5.74) is 0. The van der Waals surface area contributed by atoms with Gasteiger partial charge in [0.25, 0.3) is 0 Å². The van der Waals surface area contributed by atoms with Crippen LogP contribution in [0.4, 0.5) is 0 Å². The van der Waals surface area contributed by atoms with Crippen molar-refractivity contribution in [2.75, 3.05) is 27.7 Å². The first-order chi connectivity index (χ1) is 6.09. The van der Waals surface area contributed by atoms with Gasteiger partial charge in [-0.25, -0.2) is 0 Å². The van der Waals surface area contributed by atoms with Crippen molar-refractivity contribution in [3.05, 3.63) is 0 Å². The number of carbonyl (C=O) groups is 1. The molecule has 0 bridgehead atoms. The van der Waals surface area contributed by atoms with Crippen LogP contribution in [-0.4, -0.2) is 44.4 Å². The minimum atomic E-state index is 0.108. The van der Waals surface area contributed by atoms with E-state index in [1.807, 2.05) is 26.0 Å². The Kier molecular flexibility index (Phi) is 6.82. The van der Waals surface area contributed by atoms with E-state index in [4.69, 9.17) is 0 Å². The van der Waals surface area contributed by atoms with Crippen LogP contribution in [0.2, 0.25) is 0 Å². The number of Topliss-reactive ketones (excluding diaryl/α,β-unsaturated/α-hetero) is 1. The monoisotopic (exact) mass is 186 g/mol. The standard InChI is InChI=1S/C10H22N2O/c1-9(13)10(12(3)4)7-5-6-8-11-2/h10-11H,5-8H2,1-4H3/t10-/m1/s1. The molecule has 0 aliphatic carbocycles. The molecule has 0 aliphatic heterocycles. The van der Waals surface area contributed by atoms with Gasteiger partial charge in [0, 0.05) is 0 Å². The van der Waals surface area contributed by atoms with Gasteiger partial charge in [-0.05, 0) is 47.5 Å². The Morgan fingerprint density at radius 2 is 2.00 bits per heavy atom. The number of carbonyl (C=O) groups excluding carboxylic acids is 1. The molecule has 0 radical (unpaired) electrons. The Balaban J connectivity index is 3.64. The summed E-state index contributed by atoms with van der Waals surface area (Å²) in [5, 5.41) is 3.10. The van der Waals surface area contributed by atoms with E-state index in [2.05, 4.69) is 5.32 Å². The van der Waals surface area contributed by atoms with Crippen LogP contribution in [-0.2, 0) is 4.79 Å². The third-order valence-corrected chi connectivity index (χ3v) is 2.25. The first-order valence-corrected chi connectivity index (χ1v) is 4.91. The van der Waals surface area contributed by atoms with E-state index in [0.29, 0.717) is 0 Å². The van der Waals surface area contributed by atoms with E-state index in [1.54, 1.807) is 6.92 Å².